The van der Waals surface area contributed by atoms with Crippen LogP contribution in [0.25, 0.3) is 0 Å². The largest absolute Gasteiger partial charge is 0.461 e. The van der Waals surface area contributed by atoms with Crippen molar-refractivity contribution >= 4 is 58.7 Å². The Labute approximate surface area is 264 Å². The smallest absolute Gasteiger partial charge is 0.429 e. The van der Waals surface area contributed by atoms with Crippen molar-refractivity contribution in [2.45, 2.75) is 108 Å². The number of benzene rings is 1. The topological polar surface area (TPSA) is 102 Å². The fourth-order valence-corrected chi connectivity index (χ4v) is 4.75. The summed E-state index contributed by atoms with van der Waals surface area (Å²) in [5, 5.41) is 2.28. The minimum Gasteiger partial charge on any atom is -0.461 e. The summed E-state index contributed by atoms with van der Waals surface area (Å²) in [6.45, 7) is 6.95. The molecule has 2 rings (SSSR count). The third-order valence-electron chi connectivity index (χ3n) is 6.54. The number of nitrogens with zero attached hydrogens (tertiary/aromatic N) is 2. The van der Waals surface area contributed by atoms with Gasteiger partial charge in [-0.15, -0.1) is 0 Å². The number of hydrazine groups is 1. The highest BCUT2D eigenvalue weighted by molar-refractivity contribution is 6.67. The summed E-state index contributed by atoms with van der Waals surface area (Å²) in [6, 6.07) is 8.05. The van der Waals surface area contributed by atoms with Crippen LogP contribution in [0.15, 0.2) is 30.3 Å². The van der Waals surface area contributed by atoms with Gasteiger partial charge in [0.2, 0.25) is 9.70 Å². The zero-order chi connectivity index (χ0) is 31.3. The van der Waals surface area contributed by atoms with E-state index >= 15 is 0 Å². The Morgan fingerprint density at radius 3 is 2.26 bits per heavy atom. The lowest BCUT2D eigenvalue weighted by molar-refractivity contribution is -0.183. The van der Waals surface area contributed by atoms with Crippen molar-refractivity contribution in [3.63, 3.8) is 0 Å². The van der Waals surface area contributed by atoms with Crippen LogP contribution in [-0.2, 0) is 35.2 Å². The van der Waals surface area contributed by atoms with Crippen LogP contribution in [-0.4, -0.2) is 62.5 Å². The first kappa shape index (κ1) is 36.0. The number of rotatable bonds is 13. The molecule has 236 valence electrons. The third kappa shape index (κ3) is 13.0. The summed E-state index contributed by atoms with van der Waals surface area (Å²) in [7, 11) is 0. The lowest BCUT2D eigenvalue weighted by Gasteiger charge is -2.43. The average molecular weight is 650 g/mol. The number of carbonyl (C=O) groups is 4. The minimum absolute atomic E-state index is 0.0144. The Bertz CT molecular complexity index is 1030. The highest BCUT2D eigenvalue weighted by Crippen LogP contribution is 2.29. The number of alkyl halides is 3. The number of carbonyl (C=O) groups excluding carboxylic acids is 4. The molecule has 12 heteroatoms. The Balaban J connectivity index is 2.34. The van der Waals surface area contributed by atoms with Crippen molar-refractivity contribution < 1.29 is 33.4 Å². The van der Waals surface area contributed by atoms with Gasteiger partial charge in [-0.1, -0.05) is 104 Å². The molecule has 1 heterocycles. The van der Waals surface area contributed by atoms with Crippen LogP contribution < -0.4 is 0 Å². The maximum absolute atomic E-state index is 14.2. The molecule has 1 saturated heterocycles. The van der Waals surface area contributed by atoms with Crippen molar-refractivity contribution in [2.24, 2.45) is 5.92 Å². The molecule has 1 aliphatic heterocycles. The van der Waals surface area contributed by atoms with Crippen LogP contribution in [0.4, 0.5) is 4.79 Å². The normalized spacial score (nSPS) is 16.5. The monoisotopic (exact) mass is 648 g/mol. The molecule has 2 amide bonds. The fourth-order valence-electron chi connectivity index (χ4n) is 4.58. The van der Waals surface area contributed by atoms with E-state index in [1.165, 1.54) is 0 Å². The molecule has 2 atom stereocenters. The molecule has 1 aliphatic rings. The van der Waals surface area contributed by atoms with Gasteiger partial charge in [0.05, 0.1) is 12.3 Å². The average Bonchev–Trinajstić information content (AvgIpc) is 2.92. The predicted octanol–water partition coefficient (Wildman–Crippen LogP) is 7.15. The van der Waals surface area contributed by atoms with E-state index in [0.717, 1.165) is 41.3 Å². The van der Waals surface area contributed by atoms with Crippen LogP contribution in [0, 0.1) is 5.92 Å². The molecule has 1 fully saturated rings. The zero-order valence-electron chi connectivity index (χ0n) is 24.9. The molecule has 0 N–H and O–H groups in total. The molecular weight excluding hydrogens is 607 g/mol. The van der Waals surface area contributed by atoms with E-state index in [0.29, 0.717) is 19.3 Å². The molecule has 1 aromatic carbocycles. The van der Waals surface area contributed by atoms with E-state index in [1.54, 1.807) is 20.8 Å². The minimum atomic E-state index is -1.80. The van der Waals surface area contributed by atoms with E-state index in [1.807, 2.05) is 30.3 Å². The van der Waals surface area contributed by atoms with Crippen molar-refractivity contribution in [1.29, 1.82) is 0 Å². The number of unbranched alkanes of at least 4 members (excludes halogenated alkanes) is 4. The van der Waals surface area contributed by atoms with Crippen molar-refractivity contribution in [1.82, 2.24) is 10.0 Å². The van der Waals surface area contributed by atoms with E-state index in [4.69, 9.17) is 49.0 Å². The second-order valence-electron chi connectivity index (χ2n) is 11.4. The molecule has 42 heavy (non-hydrogen) atoms. The number of hydrogen-bond donors (Lipinski definition) is 0. The highest BCUT2D eigenvalue weighted by Gasteiger charge is 2.44. The van der Waals surface area contributed by atoms with Crippen LogP contribution in [0.3, 0.4) is 0 Å². The number of amides is 2. The standard InChI is InChI=1S/C30H43Cl3N2O7/c1-5-6-7-8-12-16-23(19-25(36)41-21-30(31,32)33)26(37)35-24(27(38)42-29(2,3)4)17-13-18-34(35)28(39)40-20-22-14-10-9-11-15-22/h9-11,14-15,23-24H,5-8,12-13,16-21H2,1-4H3/t23-,24+/m1/s1. The highest BCUT2D eigenvalue weighted by atomic mass is 35.6. The van der Waals surface area contributed by atoms with Crippen LogP contribution in [0.1, 0.15) is 91.0 Å². The van der Waals surface area contributed by atoms with Crippen LogP contribution >= 0.6 is 34.8 Å². The molecular formula is C30H43Cl3N2O7. The van der Waals surface area contributed by atoms with Crippen LogP contribution in [0.2, 0.25) is 0 Å². The second-order valence-corrected chi connectivity index (χ2v) is 13.9. The fraction of sp³-hybridized carbons (Fsp3) is 0.667. The molecule has 0 unspecified atom stereocenters. The molecule has 0 saturated carbocycles. The van der Waals surface area contributed by atoms with Gasteiger partial charge >= 0.3 is 18.0 Å². The van der Waals surface area contributed by atoms with Gasteiger partial charge in [-0.2, -0.15) is 0 Å². The quantitative estimate of drug-likeness (QED) is 0.0968. The maximum atomic E-state index is 14.2. The Kier molecular flexibility index (Phi) is 14.7. The summed E-state index contributed by atoms with van der Waals surface area (Å²) in [5.74, 6) is -2.82. The number of halogens is 3. The van der Waals surface area contributed by atoms with Gasteiger partial charge in [0.1, 0.15) is 18.8 Å². The van der Waals surface area contributed by atoms with E-state index < -0.39 is 51.9 Å². The van der Waals surface area contributed by atoms with E-state index in [2.05, 4.69) is 6.92 Å². The second kappa shape index (κ2) is 17.2. The first-order chi connectivity index (χ1) is 19.7. The molecule has 0 aliphatic carbocycles. The van der Waals surface area contributed by atoms with E-state index in [9.17, 15) is 19.2 Å². The van der Waals surface area contributed by atoms with Crippen molar-refractivity contribution in [3.05, 3.63) is 35.9 Å². The van der Waals surface area contributed by atoms with Gasteiger partial charge in [-0.3, -0.25) is 9.59 Å². The first-order valence-corrected chi connectivity index (χ1v) is 15.6. The molecule has 0 spiro atoms. The molecule has 0 aromatic heterocycles. The summed E-state index contributed by atoms with van der Waals surface area (Å²) in [4.78, 5) is 53.6. The van der Waals surface area contributed by atoms with Gasteiger partial charge in [0.25, 0.3) is 0 Å². The molecule has 0 radical (unpaired) electrons. The third-order valence-corrected chi connectivity index (χ3v) is 6.87. The predicted molar refractivity (Wildman–Crippen MR) is 162 cm³/mol. The van der Waals surface area contributed by atoms with Gasteiger partial charge in [0, 0.05) is 6.54 Å². The lowest BCUT2D eigenvalue weighted by atomic mass is 9.94. The zero-order valence-corrected chi connectivity index (χ0v) is 27.2. The SMILES string of the molecule is CCCCCCC[C@H](CC(=O)OCC(Cl)(Cl)Cl)C(=O)N1[C@H](C(=O)OC(C)(C)C)CCCN1C(=O)OCc1ccccc1. The first-order valence-electron chi connectivity index (χ1n) is 14.5. The Hall–Kier alpha value is -2.23. The van der Waals surface area contributed by atoms with Gasteiger partial charge in [0.15, 0.2) is 6.04 Å². The van der Waals surface area contributed by atoms with Gasteiger partial charge in [-0.25, -0.2) is 19.6 Å². The Morgan fingerprint density at radius 1 is 0.976 bits per heavy atom. The van der Waals surface area contributed by atoms with Gasteiger partial charge in [-0.05, 0) is 45.6 Å². The summed E-state index contributed by atoms with van der Waals surface area (Å²) >= 11 is 17.2. The lowest BCUT2D eigenvalue weighted by Crippen LogP contribution is -2.62. The van der Waals surface area contributed by atoms with Crippen molar-refractivity contribution in [3.8, 4) is 0 Å². The van der Waals surface area contributed by atoms with Crippen molar-refractivity contribution in [2.75, 3.05) is 13.2 Å². The number of esters is 2. The maximum Gasteiger partial charge on any atom is 0.429 e. The van der Waals surface area contributed by atoms with E-state index in [-0.39, 0.29) is 26.0 Å². The molecule has 1 aromatic rings. The number of hydrogen-bond acceptors (Lipinski definition) is 7. The Morgan fingerprint density at radius 2 is 1.64 bits per heavy atom. The summed E-state index contributed by atoms with van der Waals surface area (Å²) in [6.07, 6.45) is 4.60. The molecule has 0 bridgehead atoms. The summed E-state index contributed by atoms with van der Waals surface area (Å²) in [5.41, 5.74) is -0.0484. The summed E-state index contributed by atoms with van der Waals surface area (Å²) < 4.78 is 14.5. The van der Waals surface area contributed by atoms with Gasteiger partial charge < -0.3 is 14.2 Å². The molecule has 9 nitrogen and oxygen atoms in total. The number of ether oxygens (including phenoxy) is 3. The van der Waals surface area contributed by atoms with Crippen LogP contribution in [0.5, 0.6) is 0 Å².